The number of ether oxygens (including phenoxy) is 2. The molecule has 1 rings (SSSR count). The fraction of sp³-hybridized carbons (Fsp3) is 0.826. The molecule has 0 amide bonds. The molecule has 0 heterocycles. The summed E-state index contributed by atoms with van der Waals surface area (Å²) in [6.07, 6.45) is 44.8. The predicted molar refractivity (Wildman–Crippen MR) is 222 cm³/mol. The highest BCUT2D eigenvalue weighted by Crippen LogP contribution is 2.18. The van der Waals surface area contributed by atoms with Gasteiger partial charge in [-0.3, -0.25) is 0 Å². The molecule has 0 radical (unpaired) electrons. The van der Waals surface area contributed by atoms with E-state index in [2.05, 4.69) is 49.6 Å². The van der Waals surface area contributed by atoms with Gasteiger partial charge < -0.3 is 9.47 Å². The van der Waals surface area contributed by atoms with Crippen LogP contribution in [0.4, 0.5) is 0 Å². The summed E-state index contributed by atoms with van der Waals surface area (Å²) >= 11 is 1.83. The molecule has 0 atom stereocenters. The normalized spacial score (nSPS) is 11.8. The van der Waals surface area contributed by atoms with Gasteiger partial charge in [0.05, 0.1) is 6.61 Å². The van der Waals surface area contributed by atoms with E-state index in [0.717, 1.165) is 31.1 Å². The Morgan fingerprint density at radius 3 is 1.18 bits per heavy atom. The zero-order valence-electron chi connectivity index (χ0n) is 33.1. The first-order valence-electron chi connectivity index (χ1n) is 21.9. The lowest BCUT2D eigenvalue weighted by Crippen LogP contribution is -2.05. The van der Waals surface area contributed by atoms with E-state index in [9.17, 15) is 0 Å². The van der Waals surface area contributed by atoms with Gasteiger partial charge >= 0.3 is 0 Å². The molecule has 0 aliphatic heterocycles. The molecule has 3 heteroatoms. The van der Waals surface area contributed by atoms with Crippen molar-refractivity contribution >= 4 is 11.8 Å². The van der Waals surface area contributed by atoms with Crippen molar-refractivity contribution in [2.75, 3.05) is 19.8 Å². The summed E-state index contributed by atoms with van der Waals surface area (Å²) in [5.41, 5.74) is 1.36. The van der Waals surface area contributed by atoms with Crippen molar-refractivity contribution in [1.29, 1.82) is 0 Å². The van der Waals surface area contributed by atoms with E-state index in [1.54, 1.807) is 0 Å². The Balaban J connectivity index is 2.02. The van der Waals surface area contributed by atoms with Crippen molar-refractivity contribution in [3.05, 3.63) is 47.1 Å². The average Bonchev–Trinajstić information content (AvgIpc) is 3.12. The van der Waals surface area contributed by atoms with E-state index >= 15 is 0 Å². The van der Waals surface area contributed by atoms with Crippen molar-refractivity contribution in [2.45, 2.75) is 225 Å². The summed E-state index contributed by atoms with van der Waals surface area (Å²) in [5.74, 6) is 1.99. The van der Waals surface area contributed by atoms with Crippen molar-refractivity contribution in [1.82, 2.24) is 0 Å². The molecule has 1 aromatic carbocycles. The van der Waals surface area contributed by atoms with Crippen molar-refractivity contribution in [2.24, 2.45) is 0 Å². The molecule has 0 saturated carbocycles. The molecule has 0 spiro atoms. The molecule has 0 aliphatic carbocycles. The van der Waals surface area contributed by atoms with Crippen LogP contribution in [0, 0.1) is 0 Å². The van der Waals surface area contributed by atoms with Crippen LogP contribution in [0.5, 0.6) is 0 Å². The quantitative estimate of drug-likeness (QED) is 0.0501. The fourth-order valence-electron chi connectivity index (χ4n) is 6.69. The van der Waals surface area contributed by atoms with Crippen LogP contribution in [-0.4, -0.2) is 19.8 Å². The number of hydrogen-bond donors (Lipinski definition) is 0. The molecule has 286 valence electrons. The Bertz CT molecular complexity index is 779. The minimum atomic E-state index is 0.611. The first-order valence-corrected chi connectivity index (χ1v) is 23.0. The SMILES string of the molecule is CCCCCCCCCCCCCCCCCCOCC(=CSCc1ccccc1)OCCCCCCCCCCCCCCCCCC. The van der Waals surface area contributed by atoms with Gasteiger partial charge in [-0.25, -0.2) is 0 Å². The van der Waals surface area contributed by atoms with Crippen molar-refractivity contribution in [3.63, 3.8) is 0 Å². The number of thioether (sulfide) groups is 1. The van der Waals surface area contributed by atoms with Crippen molar-refractivity contribution in [3.8, 4) is 0 Å². The molecule has 0 aromatic heterocycles. The Labute approximate surface area is 312 Å². The molecular weight excluding hydrogens is 617 g/mol. The molecule has 1 aromatic rings. The maximum Gasteiger partial charge on any atom is 0.128 e. The largest absolute Gasteiger partial charge is 0.495 e. The van der Waals surface area contributed by atoms with Crippen LogP contribution in [0.1, 0.15) is 225 Å². The summed E-state index contributed by atoms with van der Waals surface area (Å²) in [7, 11) is 0. The molecule has 2 nitrogen and oxygen atoms in total. The second-order valence-corrected chi connectivity index (χ2v) is 15.7. The van der Waals surface area contributed by atoms with E-state index in [4.69, 9.17) is 9.47 Å². The number of benzene rings is 1. The van der Waals surface area contributed by atoms with Crippen LogP contribution in [0.3, 0.4) is 0 Å². The summed E-state index contributed by atoms with van der Waals surface area (Å²) in [6.45, 7) is 6.88. The highest BCUT2D eigenvalue weighted by Gasteiger charge is 2.02. The average molecular weight is 701 g/mol. The van der Waals surface area contributed by atoms with E-state index < -0.39 is 0 Å². The molecule has 0 aliphatic rings. The van der Waals surface area contributed by atoms with Gasteiger partial charge in [0.15, 0.2) is 0 Å². The van der Waals surface area contributed by atoms with Gasteiger partial charge in [0.1, 0.15) is 12.4 Å². The zero-order chi connectivity index (χ0) is 35.0. The van der Waals surface area contributed by atoms with E-state index in [1.807, 2.05) is 11.8 Å². The molecule has 0 N–H and O–H groups in total. The summed E-state index contributed by atoms with van der Waals surface area (Å²) in [6, 6.07) is 10.7. The first kappa shape index (κ1) is 46.1. The topological polar surface area (TPSA) is 18.5 Å². The van der Waals surface area contributed by atoms with Gasteiger partial charge in [-0.1, -0.05) is 237 Å². The van der Waals surface area contributed by atoms with Gasteiger partial charge in [0.2, 0.25) is 0 Å². The van der Waals surface area contributed by atoms with Gasteiger partial charge in [-0.15, -0.1) is 11.8 Å². The van der Waals surface area contributed by atoms with Crippen molar-refractivity contribution < 1.29 is 9.47 Å². The number of rotatable bonds is 40. The summed E-state index contributed by atoms with van der Waals surface area (Å²) in [5, 5.41) is 2.20. The Hall–Kier alpha value is -0.930. The lowest BCUT2D eigenvalue weighted by Gasteiger charge is -2.12. The van der Waals surface area contributed by atoms with Crippen LogP contribution in [-0.2, 0) is 15.2 Å². The van der Waals surface area contributed by atoms with Gasteiger partial charge in [0.25, 0.3) is 0 Å². The smallest absolute Gasteiger partial charge is 0.128 e. The third kappa shape index (κ3) is 35.3. The molecule has 49 heavy (non-hydrogen) atoms. The molecule has 0 unspecified atom stereocenters. The molecule has 0 saturated heterocycles. The summed E-state index contributed by atoms with van der Waals surface area (Å²) in [4.78, 5) is 0. The van der Waals surface area contributed by atoms with Gasteiger partial charge in [-0.2, -0.15) is 0 Å². The maximum atomic E-state index is 6.25. The molecular formula is C46H84O2S. The fourth-order valence-corrected chi connectivity index (χ4v) is 7.48. The van der Waals surface area contributed by atoms with Crippen LogP contribution in [0.25, 0.3) is 0 Å². The minimum Gasteiger partial charge on any atom is -0.495 e. The van der Waals surface area contributed by atoms with E-state index in [0.29, 0.717) is 6.61 Å². The Morgan fingerprint density at radius 2 is 0.796 bits per heavy atom. The lowest BCUT2D eigenvalue weighted by atomic mass is 10.0. The summed E-state index contributed by atoms with van der Waals surface area (Å²) < 4.78 is 12.3. The first-order chi connectivity index (χ1) is 24.4. The van der Waals surface area contributed by atoms with Gasteiger partial charge in [0, 0.05) is 17.8 Å². The maximum absolute atomic E-state index is 6.25. The number of hydrogen-bond acceptors (Lipinski definition) is 3. The third-order valence-electron chi connectivity index (χ3n) is 9.98. The van der Waals surface area contributed by atoms with Gasteiger partial charge in [-0.05, 0) is 18.4 Å². The van der Waals surface area contributed by atoms with E-state index in [-0.39, 0.29) is 0 Å². The van der Waals surface area contributed by atoms with Crippen LogP contribution in [0.15, 0.2) is 41.5 Å². The van der Waals surface area contributed by atoms with Crippen LogP contribution < -0.4 is 0 Å². The second-order valence-electron chi connectivity index (χ2n) is 14.9. The standard InChI is InChI=1S/C46H84O2S/c1-3-5-7-9-11-13-15-17-19-21-23-25-27-29-31-36-40-47-42-46(44-49-43-45-38-34-33-35-39-45)48-41-37-32-30-28-26-24-22-20-18-16-14-12-10-8-6-4-2/h33-35,38-39,44H,3-32,36-37,40-43H2,1-2H3. The highest BCUT2D eigenvalue weighted by atomic mass is 32.2. The third-order valence-corrected chi connectivity index (χ3v) is 10.9. The van der Waals surface area contributed by atoms with E-state index in [1.165, 1.54) is 205 Å². The molecule has 0 fully saturated rings. The van der Waals surface area contributed by atoms with Crippen LogP contribution in [0.2, 0.25) is 0 Å². The minimum absolute atomic E-state index is 0.611. The monoisotopic (exact) mass is 701 g/mol. The molecule has 0 bridgehead atoms. The highest BCUT2D eigenvalue weighted by molar-refractivity contribution is 8.01. The number of unbranched alkanes of at least 4 members (excludes halogenated alkanes) is 30. The Kier molecular flexibility index (Phi) is 37.5. The predicted octanol–water partition coefficient (Wildman–Crippen LogP) is 16.3. The zero-order valence-corrected chi connectivity index (χ0v) is 34.0. The second kappa shape index (κ2) is 39.8. The van der Waals surface area contributed by atoms with Crippen LogP contribution >= 0.6 is 11.8 Å². The lowest BCUT2D eigenvalue weighted by molar-refractivity contribution is 0.0941. The Morgan fingerprint density at radius 1 is 0.449 bits per heavy atom.